The summed E-state index contributed by atoms with van der Waals surface area (Å²) in [6, 6.07) is 8.23. The van der Waals surface area contributed by atoms with Crippen LogP contribution >= 0.6 is 0 Å². The predicted molar refractivity (Wildman–Crippen MR) is 64.8 cm³/mol. The van der Waals surface area contributed by atoms with Crippen LogP contribution in [0.15, 0.2) is 24.3 Å². The number of halogens is 1. The van der Waals surface area contributed by atoms with Crippen LogP contribution < -0.4 is 5.32 Å². The zero-order chi connectivity index (χ0) is 13.0. The summed E-state index contributed by atoms with van der Waals surface area (Å²) in [6.07, 6.45) is 3.08. The number of carbonyl (C=O) groups is 1. The van der Waals surface area contributed by atoms with Crippen LogP contribution in [0.25, 0.3) is 0 Å². The molecule has 4 heteroatoms. The lowest BCUT2D eigenvalue weighted by Gasteiger charge is -2.19. The molecule has 1 N–H and O–H groups in total. The Morgan fingerprint density at radius 2 is 2.17 bits per heavy atom. The molecule has 1 fully saturated rings. The fourth-order valence-corrected chi connectivity index (χ4v) is 2.37. The smallest absolute Gasteiger partial charge is 0.240 e. The van der Waals surface area contributed by atoms with E-state index in [9.17, 15) is 9.18 Å². The number of hydrogen-bond donors (Lipinski definition) is 1. The topological polar surface area (TPSA) is 52.9 Å². The summed E-state index contributed by atoms with van der Waals surface area (Å²) >= 11 is 0. The van der Waals surface area contributed by atoms with Crippen molar-refractivity contribution in [3.8, 4) is 6.07 Å². The molecule has 0 heterocycles. The number of carbonyl (C=O) groups excluding carboxylic acids is 1. The fraction of sp³-hybridized carbons (Fsp3) is 0.429. The van der Waals surface area contributed by atoms with Crippen LogP contribution in [0, 0.1) is 22.6 Å². The highest BCUT2D eigenvalue weighted by Crippen LogP contribution is 2.37. The monoisotopic (exact) mass is 246 g/mol. The Kier molecular flexibility index (Phi) is 3.61. The van der Waals surface area contributed by atoms with Crippen LogP contribution in [-0.2, 0) is 11.3 Å². The number of hydrogen-bond acceptors (Lipinski definition) is 2. The summed E-state index contributed by atoms with van der Waals surface area (Å²) in [5, 5.41) is 11.9. The third-order valence-corrected chi connectivity index (χ3v) is 3.45. The first-order valence-electron chi connectivity index (χ1n) is 6.10. The normalized spacial score (nSPS) is 17.1. The van der Waals surface area contributed by atoms with Gasteiger partial charge >= 0.3 is 0 Å². The second-order valence-corrected chi connectivity index (χ2v) is 4.71. The van der Waals surface area contributed by atoms with Crippen molar-refractivity contribution < 1.29 is 9.18 Å². The van der Waals surface area contributed by atoms with E-state index in [-0.39, 0.29) is 18.3 Å². The van der Waals surface area contributed by atoms with Crippen LogP contribution in [0.1, 0.15) is 31.2 Å². The van der Waals surface area contributed by atoms with E-state index in [1.165, 1.54) is 12.1 Å². The summed E-state index contributed by atoms with van der Waals surface area (Å²) in [4.78, 5) is 12.0. The van der Waals surface area contributed by atoms with Gasteiger partial charge in [-0.3, -0.25) is 4.79 Å². The van der Waals surface area contributed by atoms with Gasteiger partial charge in [0.15, 0.2) is 0 Å². The molecule has 18 heavy (non-hydrogen) atoms. The first-order valence-corrected chi connectivity index (χ1v) is 6.10. The quantitative estimate of drug-likeness (QED) is 0.891. The van der Waals surface area contributed by atoms with E-state index in [1.54, 1.807) is 12.1 Å². The van der Waals surface area contributed by atoms with Crippen LogP contribution in [0.2, 0.25) is 0 Å². The molecule has 0 aromatic heterocycles. The molecule has 0 saturated heterocycles. The number of nitrogens with one attached hydrogen (secondary N) is 1. The molecule has 0 aliphatic heterocycles. The van der Waals surface area contributed by atoms with Gasteiger partial charge in [-0.15, -0.1) is 0 Å². The second kappa shape index (κ2) is 5.18. The lowest BCUT2D eigenvalue weighted by molar-refractivity contribution is -0.128. The first-order chi connectivity index (χ1) is 8.66. The highest BCUT2D eigenvalue weighted by molar-refractivity contribution is 5.85. The maximum atomic E-state index is 13.0. The van der Waals surface area contributed by atoms with Gasteiger partial charge in [0.1, 0.15) is 11.2 Å². The summed E-state index contributed by atoms with van der Waals surface area (Å²) in [5.74, 6) is -0.552. The molecule has 0 radical (unpaired) electrons. The number of amides is 1. The molecule has 94 valence electrons. The maximum Gasteiger partial charge on any atom is 0.240 e. The first kappa shape index (κ1) is 12.6. The second-order valence-electron chi connectivity index (χ2n) is 4.71. The molecule has 1 aromatic rings. The van der Waals surface area contributed by atoms with Gasteiger partial charge < -0.3 is 5.32 Å². The average Bonchev–Trinajstić information content (AvgIpc) is 2.86. The SMILES string of the molecule is N#CC1(C(=O)NCc2cccc(F)c2)CCCC1. The molecule has 0 atom stereocenters. The van der Waals surface area contributed by atoms with E-state index in [0.29, 0.717) is 18.4 Å². The largest absolute Gasteiger partial charge is 0.351 e. The van der Waals surface area contributed by atoms with Gasteiger partial charge in [0.05, 0.1) is 6.07 Å². The minimum absolute atomic E-state index is 0.230. The molecule has 1 amide bonds. The van der Waals surface area contributed by atoms with Gasteiger partial charge in [-0.25, -0.2) is 4.39 Å². The molecule has 1 aromatic carbocycles. The Balaban J connectivity index is 1.98. The molecule has 0 bridgehead atoms. The van der Waals surface area contributed by atoms with Crippen molar-refractivity contribution in [3.05, 3.63) is 35.6 Å². The van der Waals surface area contributed by atoms with Crippen molar-refractivity contribution in [2.45, 2.75) is 32.2 Å². The average molecular weight is 246 g/mol. The Labute approximate surface area is 106 Å². The molecular weight excluding hydrogens is 231 g/mol. The van der Waals surface area contributed by atoms with E-state index in [4.69, 9.17) is 5.26 Å². The minimum atomic E-state index is -0.868. The Bertz CT molecular complexity index is 487. The minimum Gasteiger partial charge on any atom is -0.351 e. The van der Waals surface area contributed by atoms with Gasteiger partial charge in [-0.2, -0.15) is 5.26 Å². The number of rotatable bonds is 3. The molecular formula is C14H15FN2O. The van der Waals surface area contributed by atoms with Gasteiger partial charge in [0.2, 0.25) is 5.91 Å². The van der Waals surface area contributed by atoms with E-state index in [0.717, 1.165) is 12.8 Å². The van der Waals surface area contributed by atoms with Crippen molar-refractivity contribution in [2.24, 2.45) is 5.41 Å². The Hall–Kier alpha value is -1.89. The van der Waals surface area contributed by atoms with Crippen molar-refractivity contribution in [1.29, 1.82) is 5.26 Å². The lowest BCUT2D eigenvalue weighted by atomic mass is 9.87. The van der Waals surface area contributed by atoms with Crippen molar-refractivity contribution in [3.63, 3.8) is 0 Å². The lowest BCUT2D eigenvalue weighted by Crippen LogP contribution is -2.37. The van der Waals surface area contributed by atoms with Crippen molar-refractivity contribution in [2.75, 3.05) is 0 Å². The number of nitriles is 1. The molecule has 0 spiro atoms. The van der Waals surface area contributed by atoms with Gasteiger partial charge in [0.25, 0.3) is 0 Å². The van der Waals surface area contributed by atoms with E-state index >= 15 is 0 Å². The Morgan fingerprint density at radius 3 is 2.78 bits per heavy atom. The van der Waals surface area contributed by atoms with Crippen LogP contribution in [0.5, 0.6) is 0 Å². The Morgan fingerprint density at radius 1 is 1.44 bits per heavy atom. The zero-order valence-corrected chi connectivity index (χ0v) is 10.1. The maximum absolute atomic E-state index is 13.0. The number of benzene rings is 1. The summed E-state index contributed by atoms with van der Waals surface area (Å²) in [7, 11) is 0. The number of nitrogens with zero attached hydrogens (tertiary/aromatic N) is 1. The highest BCUT2D eigenvalue weighted by atomic mass is 19.1. The van der Waals surface area contributed by atoms with Crippen LogP contribution in [0.3, 0.4) is 0 Å². The zero-order valence-electron chi connectivity index (χ0n) is 10.1. The third-order valence-electron chi connectivity index (χ3n) is 3.45. The van der Waals surface area contributed by atoms with Crippen molar-refractivity contribution >= 4 is 5.91 Å². The molecule has 1 aliphatic carbocycles. The van der Waals surface area contributed by atoms with Crippen LogP contribution in [-0.4, -0.2) is 5.91 Å². The molecule has 2 rings (SSSR count). The standard InChI is InChI=1S/C14H15FN2O/c15-12-5-3-4-11(8-12)9-17-13(18)14(10-16)6-1-2-7-14/h3-5,8H,1-2,6-7,9H2,(H,17,18). The van der Waals surface area contributed by atoms with E-state index in [2.05, 4.69) is 11.4 Å². The predicted octanol–water partition coefficient (Wildman–Crippen LogP) is 2.53. The summed E-state index contributed by atoms with van der Waals surface area (Å²) in [5.41, 5.74) is -0.165. The summed E-state index contributed by atoms with van der Waals surface area (Å²) < 4.78 is 13.0. The summed E-state index contributed by atoms with van der Waals surface area (Å²) in [6.45, 7) is 0.264. The molecule has 3 nitrogen and oxygen atoms in total. The van der Waals surface area contributed by atoms with Crippen molar-refractivity contribution in [1.82, 2.24) is 5.32 Å². The van der Waals surface area contributed by atoms with Gasteiger partial charge in [-0.1, -0.05) is 25.0 Å². The molecule has 1 aliphatic rings. The van der Waals surface area contributed by atoms with Gasteiger partial charge in [0, 0.05) is 6.54 Å². The van der Waals surface area contributed by atoms with E-state index in [1.807, 2.05) is 0 Å². The van der Waals surface area contributed by atoms with Gasteiger partial charge in [-0.05, 0) is 30.5 Å². The highest BCUT2D eigenvalue weighted by Gasteiger charge is 2.41. The molecule has 0 unspecified atom stereocenters. The molecule has 1 saturated carbocycles. The third kappa shape index (κ3) is 2.51. The fourth-order valence-electron chi connectivity index (χ4n) is 2.37. The van der Waals surface area contributed by atoms with E-state index < -0.39 is 5.41 Å². The van der Waals surface area contributed by atoms with Crippen LogP contribution in [0.4, 0.5) is 4.39 Å².